The maximum atomic E-state index is 12.8. The van der Waals surface area contributed by atoms with Gasteiger partial charge in [0.1, 0.15) is 6.61 Å². The van der Waals surface area contributed by atoms with E-state index in [-0.39, 0.29) is 11.6 Å². The molecule has 156 valence electrons. The normalized spacial score (nSPS) is 18.9. The van der Waals surface area contributed by atoms with Gasteiger partial charge in [0.25, 0.3) is 5.91 Å². The van der Waals surface area contributed by atoms with Crippen molar-refractivity contribution in [1.82, 2.24) is 24.1 Å². The van der Waals surface area contributed by atoms with E-state index in [0.29, 0.717) is 49.0 Å². The Morgan fingerprint density at radius 3 is 3.00 bits per heavy atom. The summed E-state index contributed by atoms with van der Waals surface area (Å²) in [6.45, 7) is 1.99. The third-order valence-electron chi connectivity index (χ3n) is 5.56. The van der Waals surface area contributed by atoms with Crippen LogP contribution in [0.2, 0.25) is 0 Å². The summed E-state index contributed by atoms with van der Waals surface area (Å²) in [5.41, 5.74) is 1.62. The molecule has 1 saturated heterocycles. The predicted molar refractivity (Wildman–Crippen MR) is 108 cm³/mol. The van der Waals surface area contributed by atoms with Crippen LogP contribution in [-0.2, 0) is 7.05 Å². The molecule has 0 aromatic carbocycles. The smallest absolute Gasteiger partial charge is 0.350 e. The number of likely N-dealkylation sites (tertiary alicyclic amines) is 1. The molecule has 0 radical (unpaired) electrons. The van der Waals surface area contributed by atoms with Gasteiger partial charge in [-0.05, 0) is 25.0 Å². The molecule has 5 heterocycles. The number of aliphatic hydroxyl groups excluding tert-OH is 1. The van der Waals surface area contributed by atoms with Gasteiger partial charge >= 0.3 is 5.69 Å². The predicted octanol–water partition coefficient (Wildman–Crippen LogP) is 0.555. The SMILES string of the molecule is Cn1nc2cc(N3CCOc4cc(C(=O)N5CCC[C@@H](O)C5)cnc43)ccn2c1=O. The second-order valence-electron chi connectivity index (χ2n) is 7.61. The second kappa shape index (κ2) is 7.13. The Labute approximate surface area is 171 Å². The summed E-state index contributed by atoms with van der Waals surface area (Å²) >= 11 is 0. The Kier molecular flexibility index (Phi) is 4.43. The van der Waals surface area contributed by atoms with Crippen molar-refractivity contribution in [2.75, 3.05) is 31.1 Å². The third-order valence-corrected chi connectivity index (χ3v) is 5.56. The minimum absolute atomic E-state index is 0.154. The van der Waals surface area contributed by atoms with Crippen molar-refractivity contribution in [3.8, 4) is 5.75 Å². The van der Waals surface area contributed by atoms with Crippen LogP contribution in [0.5, 0.6) is 5.75 Å². The molecular weight excluding hydrogens is 388 g/mol. The van der Waals surface area contributed by atoms with Crippen LogP contribution in [0.15, 0.2) is 35.4 Å². The Balaban J connectivity index is 1.46. The number of hydrogen-bond acceptors (Lipinski definition) is 7. The number of carbonyl (C=O) groups excluding carboxylic acids is 1. The van der Waals surface area contributed by atoms with Gasteiger partial charge in [0.2, 0.25) is 0 Å². The van der Waals surface area contributed by atoms with Gasteiger partial charge in [0.05, 0.1) is 18.2 Å². The Hall–Kier alpha value is -3.40. The van der Waals surface area contributed by atoms with Crippen LogP contribution >= 0.6 is 0 Å². The van der Waals surface area contributed by atoms with Crippen molar-refractivity contribution >= 4 is 23.1 Å². The maximum Gasteiger partial charge on any atom is 0.350 e. The molecule has 10 heteroatoms. The summed E-state index contributed by atoms with van der Waals surface area (Å²) in [4.78, 5) is 33.0. The van der Waals surface area contributed by atoms with E-state index in [0.717, 1.165) is 18.5 Å². The van der Waals surface area contributed by atoms with E-state index >= 15 is 0 Å². The largest absolute Gasteiger partial charge is 0.488 e. The number of carbonyl (C=O) groups is 1. The van der Waals surface area contributed by atoms with Crippen LogP contribution in [0.4, 0.5) is 11.5 Å². The minimum Gasteiger partial charge on any atom is -0.488 e. The number of piperidine rings is 1. The molecule has 1 amide bonds. The van der Waals surface area contributed by atoms with Crippen LogP contribution in [0.25, 0.3) is 5.65 Å². The summed E-state index contributed by atoms with van der Waals surface area (Å²) in [6, 6.07) is 5.37. The van der Waals surface area contributed by atoms with E-state index < -0.39 is 6.10 Å². The molecule has 0 spiro atoms. The van der Waals surface area contributed by atoms with Crippen molar-refractivity contribution in [2.24, 2.45) is 7.05 Å². The molecule has 0 unspecified atom stereocenters. The number of ether oxygens (including phenoxy) is 1. The highest BCUT2D eigenvalue weighted by atomic mass is 16.5. The number of aromatic nitrogens is 4. The molecular formula is C20H22N6O4. The van der Waals surface area contributed by atoms with E-state index in [1.807, 2.05) is 17.0 Å². The molecule has 0 saturated carbocycles. The summed E-state index contributed by atoms with van der Waals surface area (Å²) in [5, 5.41) is 14.1. The van der Waals surface area contributed by atoms with E-state index in [1.165, 1.54) is 9.08 Å². The van der Waals surface area contributed by atoms with Crippen LogP contribution in [0.1, 0.15) is 23.2 Å². The van der Waals surface area contributed by atoms with Crippen LogP contribution in [0.3, 0.4) is 0 Å². The molecule has 3 aromatic rings. The van der Waals surface area contributed by atoms with Gasteiger partial charge in [-0.3, -0.25) is 9.20 Å². The average molecular weight is 410 g/mol. The molecule has 1 atom stereocenters. The highest BCUT2D eigenvalue weighted by molar-refractivity contribution is 5.95. The van der Waals surface area contributed by atoms with Gasteiger partial charge in [-0.1, -0.05) is 0 Å². The quantitative estimate of drug-likeness (QED) is 0.658. The molecule has 30 heavy (non-hydrogen) atoms. The summed E-state index contributed by atoms with van der Waals surface area (Å²) in [7, 11) is 1.61. The molecule has 0 aliphatic carbocycles. The number of rotatable bonds is 2. The molecule has 5 rings (SSSR count). The lowest BCUT2D eigenvalue weighted by Gasteiger charge is -2.32. The van der Waals surface area contributed by atoms with E-state index in [2.05, 4.69) is 10.1 Å². The van der Waals surface area contributed by atoms with Gasteiger partial charge in [-0.2, -0.15) is 5.10 Å². The maximum absolute atomic E-state index is 12.8. The number of aliphatic hydroxyl groups is 1. The first kappa shape index (κ1) is 18.6. The van der Waals surface area contributed by atoms with Gasteiger partial charge < -0.3 is 19.6 Å². The topological polar surface area (TPSA) is 105 Å². The fourth-order valence-corrected chi connectivity index (χ4v) is 4.03. The highest BCUT2D eigenvalue weighted by Crippen LogP contribution is 2.35. The van der Waals surface area contributed by atoms with Crippen molar-refractivity contribution in [3.63, 3.8) is 0 Å². The van der Waals surface area contributed by atoms with E-state index in [9.17, 15) is 14.7 Å². The molecule has 1 fully saturated rings. The number of nitrogens with zero attached hydrogens (tertiary/aromatic N) is 6. The second-order valence-corrected chi connectivity index (χ2v) is 7.61. The van der Waals surface area contributed by atoms with Crippen LogP contribution in [-0.4, -0.2) is 67.4 Å². The number of fused-ring (bicyclic) bond motifs is 2. The third kappa shape index (κ3) is 3.09. The van der Waals surface area contributed by atoms with E-state index in [4.69, 9.17) is 4.74 Å². The monoisotopic (exact) mass is 410 g/mol. The lowest BCUT2D eigenvalue weighted by molar-refractivity contribution is 0.0473. The zero-order chi connectivity index (χ0) is 20.8. The Morgan fingerprint density at radius 1 is 1.30 bits per heavy atom. The number of β-amino-alcohol motifs (C(OH)–C–C–N with tert-alkyl or cyclic N) is 1. The average Bonchev–Trinajstić information content (AvgIpc) is 3.05. The number of aryl methyl sites for hydroxylation is 1. The molecule has 3 aromatic heterocycles. The van der Waals surface area contributed by atoms with Crippen molar-refractivity contribution in [1.29, 1.82) is 0 Å². The lowest BCUT2D eigenvalue weighted by atomic mass is 10.1. The summed E-state index contributed by atoms with van der Waals surface area (Å²) < 4.78 is 8.56. The molecule has 0 bridgehead atoms. The zero-order valence-corrected chi connectivity index (χ0v) is 16.6. The first-order valence-corrected chi connectivity index (χ1v) is 9.94. The Bertz CT molecular complexity index is 1190. The van der Waals surface area contributed by atoms with Crippen molar-refractivity contribution < 1.29 is 14.6 Å². The van der Waals surface area contributed by atoms with Gasteiger partial charge in [-0.25, -0.2) is 14.5 Å². The molecule has 1 N–H and O–H groups in total. The van der Waals surface area contributed by atoms with E-state index in [1.54, 1.807) is 30.4 Å². The summed E-state index contributed by atoms with van der Waals surface area (Å²) in [5.74, 6) is 0.987. The number of amides is 1. The van der Waals surface area contributed by atoms with Gasteiger partial charge in [-0.15, -0.1) is 0 Å². The fraction of sp³-hybridized carbons (Fsp3) is 0.400. The van der Waals surface area contributed by atoms with Crippen LogP contribution in [0, 0.1) is 0 Å². The number of pyridine rings is 2. The molecule has 2 aliphatic heterocycles. The summed E-state index contributed by atoms with van der Waals surface area (Å²) in [6.07, 6.45) is 4.27. The van der Waals surface area contributed by atoms with Crippen LogP contribution < -0.4 is 15.3 Å². The van der Waals surface area contributed by atoms with Crippen molar-refractivity contribution in [2.45, 2.75) is 18.9 Å². The first-order valence-electron chi connectivity index (χ1n) is 9.94. The molecule has 10 nitrogen and oxygen atoms in total. The number of hydrogen-bond donors (Lipinski definition) is 1. The standard InChI is InChI=1S/C20H22N6O4/c1-23-20(29)26-6-4-14(10-17(26)22-23)25-7-8-30-16-9-13(11-21-18(16)25)19(28)24-5-2-3-15(27)12-24/h4,6,9-11,15,27H,2-3,5,7-8,12H2,1H3/t15-/m1/s1. The lowest BCUT2D eigenvalue weighted by Crippen LogP contribution is -2.42. The molecule has 2 aliphatic rings. The minimum atomic E-state index is -0.478. The fourth-order valence-electron chi connectivity index (χ4n) is 4.03. The van der Waals surface area contributed by atoms with Gasteiger partial charge in [0.15, 0.2) is 17.2 Å². The van der Waals surface area contributed by atoms with Gasteiger partial charge in [0, 0.05) is 44.3 Å². The highest BCUT2D eigenvalue weighted by Gasteiger charge is 2.27. The van der Waals surface area contributed by atoms with Crippen molar-refractivity contribution in [3.05, 3.63) is 46.6 Å². The number of anilines is 2. The Morgan fingerprint density at radius 2 is 2.17 bits per heavy atom. The zero-order valence-electron chi connectivity index (χ0n) is 16.6. The first-order chi connectivity index (χ1) is 14.5.